The average Bonchev–Trinajstić information content (AvgIpc) is 3.12. The predicted molar refractivity (Wildman–Crippen MR) is 96.4 cm³/mol. The summed E-state index contributed by atoms with van der Waals surface area (Å²) >= 11 is 0. The van der Waals surface area contributed by atoms with Crippen molar-refractivity contribution in [3.8, 4) is 11.4 Å². The van der Waals surface area contributed by atoms with Gasteiger partial charge in [0.2, 0.25) is 12.3 Å². The highest BCUT2D eigenvalue weighted by atomic mass is 79.9. The summed E-state index contributed by atoms with van der Waals surface area (Å²) in [6, 6.07) is 18.9. The molecule has 0 saturated carbocycles. The molecule has 6 nitrogen and oxygen atoms in total. The lowest BCUT2D eigenvalue weighted by Crippen LogP contribution is -3.00. The SMILES string of the molecule is COc1ccc(C(=O)C[n+]2ccc3c(c2)nnn3-c2ccccc2)cc1.[Br-]. The first-order valence-corrected chi connectivity index (χ1v) is 8.22. The molecule has 2 aromatic carbocycles. The number of aromatic nitrogens is 4. The number of ketones is 1. The van der Waals surface area contributed by atoms with Crippen molar-refractivity contribution in [2.24, 2.45) is 0 Å². The van der Waals surface area contributed by atoms with Crippen LogP contribution in [0.4, 0.5) is 0 Å². The number of fused-ring (bicyclic) bond motifs is 1. The van der Waals surface area contributed by atoms with Gasteiger partial charge >= 0.3 is 0 Å². The number of Topliss-reactive ketones (excluding diaryl/α,β-unsaturated/α-hetero) is 1. The van der Waals surface area contributed by atoms with Gasteiger partial charge in [-0.3, -0.25) is 4.79 Å². The van der Waals surface area contributed by atoms with E-state index in [1.54, 1.807) is 36.1 Å². The summed E-state index contributed by atoms with van der Waals surface area (Å²) in [5.74, 6) is 0.751. The molecule has 7 heteroatoms. The molecule has 0 fully saturated rings. The van der Waals surface area contributed by atoms with Gasteiger partial charge < -0.3 is 21.7 Å². The number of pyridine rings is 1. The van der Waals surface area contributed by atoms with Gasteiger partial charge in [0, 0.05) is 11.6 Å². The number of nitrogens with zero attached hydrogens (tertiary/aromatic N) is 4. The van der Waals surface area contributed by atoms with Crippen molar-refractivity contribution in [3.63, 3.8) is 0 Å². The molecule has 0 spiro atoms. The van der Waals surface area contributed by atoms with Crippen LogP contribution < -0.4 is 26.3 Å². The van der Waals surface area contributed by atoms with E-state index in [0.717, 1.165) is 22.5 Å². The minimum Gasteiger partial charge on any atom is -1.00 e. The number of carbonyl (C=O) groups excluding carboxylic acids is 1. The summed E-state index contributed by atoms with van der Waals surface area (Å²) in [5.41, 5.74) is 3.22. The fourth-order valence-corrected chi connectivity index (χ4v) is 2.81. The lowest BCUT2D eigenvalue weighted by Gasteiger charge is -2.02. The molecule has 2 heterocycles. The third-order valence-corrected chi connectivity index (χ3v) is 4.18. The Morgan fingerprint density at radius 1 is 1.07 bits per heavy atom. The Hall–Kier alpha value is -3.06. The van der Waals surface area contributed by atoms with Crippen molar-refractivity contribution in [2.75, 3.05) is 7.11 Å². The molecule has 0 aliphatic carbocycles. The number of hydrogen-bond donors (Lipinski definition) is 0. The number of methoxy groups -OCH3 is 1. The molecule has 136 valence electrons. The maximum Gasteiger partial charge on any atom is 0.227 e. The first-order valence-electron chi connectivity index (χ1n) is 8.22. The van der Waals surface area contributed by atoms with Crippen LogP contribution in [0.15, 0.2) is 73.1 Å². The van der Waals surface area contributed by atoms with Gasteiger partial charge in [0.25, 0.3) is 0 Å². The van der Waals surface area contributed by atoms with Gasteiger partial charge in [-0.2, -0.15) is 4.57 Å². The molecule has 0 bridgehead atoms. The number of carbonyl (C=O) groups is 1. The van der Waals surface area contributed by atoms with Crippen LogP contribution in [0.25, 0.3) is 16.7 Å². The first-order chi connectivity index (χ1) is 12.7. The topological polar surface area (TPSA) is 60.9 Å². The van der Waals surface area contributed by atoms with Crippen molar-refractivity contribution in [1.82, 2.24) is 15.0 Å². The second-order valence-corrected chi connectivity index (χ2v) is 5.88. The molecular formula is C20H17BrN4O2. The summed E-state index contributed by atoms with van der Waals surface area (Å²) in [4.78, 5) is 12.5. The Kier molecular flexibility index (Phi) is 5.61. The molecule has 0 aliphatic heterocycles. The maximum atomic E-state index is 12.5. The number of rotatable bonds is 5. The minimum absolute atomic E-state index is 0. The van der Waals surface area contributed by atoms with Gasteiger partial charge in [0.05, 0.1) is 12.8 Å². The summed E-state index contributed by atoms with van der Waals surface area (Å²) in [5, 5.41) is 8.44. The second kappa shape index (κ2) is 8.09. The smallest absolute Gasteiger partial charge is 0.227 e. The third kappa shape index (κ3) is 3.88. The highest BCUT2D eigenvalue weighted by Gasteiger charge is 2.15. The largest absolute Gasteiger partial charge is 1.00 e. The molecule has 0 aliphatic rings. The average molecular weight is 425 g/mol. The van der Waals surface area contributed by atoms with Crippen molar-refractivity contribution in [1.29, 1.82) is 0 Å². The zero-order valence-electron chi connectivity index (χ0n) is 14.6. The van der Waals surface area contributed by atoms with E-state index in [0.29, 0.717) is 5.56 Å². The molecule has 0 amide bonds. The Morgan fingerprint density at radius 2 is 1.81 bits per heavy atom. The highest BCUT2D eigenvalue weighted by molar-refractivity contribution is 5.95. The fraction of sp³-hybridized carbons (Fsp3) is 0.100. The van der Waals surface area contributed by atoms with Crippen LogP contribution >= 0.6 is 0 Å². The van der Waals surface area contributed by atoms with Crippen molar-refractivity contribution >= 4 is 16.8 Å². The summed E-state index contributed by atoms with van der Waals surface area (Å²) < 4.78 is 8.72. The van der Waals surface area contributed by atoms with Gasteiger partial charge in [-0.05, 0) is 36.4 Å². The Labute approximate surface area is 166 Å². The molecule has 0 N–H and O–H groups in total. The van der Waals surface area contributed by atoms with E-state index in [2.05, 4.69) is 10.3 Å². The fourth-order valence-electron chi connectivity index (χ4n) is 2.81. The molecule has 2 aromatic heterocycles. The normalized spacial score (nSPS) is 10.4. The van der Waals surface area contributed by atoms with E-state index in [1.807, 2.05) is 53.4 Å². The first kappa shape index (κ1) is 18.7. The van der Waals surface area contributed by atoms with E-state index >= 15 is 0 Å². The van der Waals surface area contributed by atoms with Crippen LogP contribution in [0, 0.1) is 0 Å². The molecule has 0 radical (unpaired) electrons. The minimum atomic E-state index is 0. The number of ether oxygens (including phenoxy) is 1. The van der Waals surface area contributed by atoms with Gasteiger partial charge in [-0.25, -0.2) is 4.68 Å². The Morgan fingerprint density at radius 3 is 2.52 bits per heavy atom. The monoisotopic (exact) mass is 424 g/mol. The van der Waals surface area contributed by atoms with Crippen LogP contribution in [0.1, 0.15) is 10.4 Å². The van der Waals surface area contributed by atoms with Gasteiger partial charge in [-0.15, -0.1) is 5.10 Å². The Balaban J connectivity index is 0.00000210. The highest BCUT2D eigenvalue weighted by Crippen LogP contribution is 2.14. The Bertz CT molecular complexity index is 1060. The van der Waals surface area contributed by atoms with Crippen molar-refractivity contribution in [2.45, 2.75) is 6.54 Å². The lowest BCUT2D eigenvalue weighted by molar-refractivity contribution is -0.681. The van der Waals surface area contributed by atoms with Crippen LogP contribution in [0.2, 0.25) is 0 Å². The van der Waals surface area contributed by atoms with Crippen LogP contribution in [0.5, 0.6) is 5.75 Å². The van der Waals surface area contributed by atoms with Crippen molar-refractivity contribution in [3.05, 3.63) is 78.6 Å². The molecule has 0 unspecified atom stereocenters. The molecule has 27 heavy (non-hydrogen) atoms. The van der Waals surface area contributed by atoms with Crippen LogP contribution in [-0.4, -0.2) is 27.9 Å². The van der Waals surface area contributed by atoms with E-state index < -0.39 is 0 Å². The summed E-state index contributed by atoms with van der Waals surface area (Å²) in [6.07, 6.45) is 3.70. The summed E-state index contributed by atoms with van der Waals surface area (Å²) in [6.45, 7) is 0.237. The summed E-state index contributed by atoms with van der Waals surface area (Å²) in [7, 11) is 1.60. The molecule has 0 atom stereocenters. The van der Waals surface area contributed by atoms with Crippen molar-refractivity contribution < 1.29 is 31.1 Å². The predicted octanol–water partition coefficient (Wildman–Crippen LogP) is -0.397. The third-order valence-electron chi connectivity index (χ3n) is 4.18. The second-order valence-electron chi connectivity index (χ2n) is 5.88. The number of para-hydroxylation sites is 1. The van der Waals surface area contributed by atoms with E-state index in [4.69, 9.17) is 4.74 Å². The zero-order valence-corrected chi connectivity index (χ0v) is 16.2. The number of benzene rings is 2. The van der Waals surface area contributed by atoms with Crippen LogP contribution in [-0.2, 0) is 6.54 Å². The lowest BCUT2D eigenvalue weighted by atomic mass is 10.1. The number of hydrogen-bond acceptors (Lipinski definition) is 4. The molecule has 4 aromatic rings. The van der Waals surface area contributed by atoms with E-state index in [9.17, 15) is 4.79 Å². The zero-order chi connectivity index (χ0) is 17.9. The number of halogens is 1. The van der Waals surface area contributed by atoms with Crippen LogP contribution in [0.3, 0.4) is 0 Å². The molecule has 0 saturated heterocycles. The standard InChI is InChI=1S/C20H17N4O2.BrH/c1-26-17-9-7-15(8-10-17)20(25)14-23-12-11-19-18(13-23)21-22-24(19)16-5-3-2-4-6-16;/h2-13H,14H2,1H3;1H/q+1;/p-1. The van der Waals surface area contributed by atoms with Gasteiger partial charge in [0.15, 0.2) is 17.9 Å². The molecular weight excluding hydrogens is 408 g/mol. The quantitative estimate of drug-likeness (QED) is 0.323. The molecule has 4 rings (SSSR count). The van der Waals surface area contributed by atoms with Gasteiger partial charge in [-0.1, -0.05) is 23.4 Å². The van der Waals surface area contributed by atoms with E-state index in [-0.39, 0.29) is 29.3 Å². The van der Waals surface area contributed by atoms with E-state index in [1.165, 1.54) is 0 Å². The van der Waals surface area contributed by atoms with Gasteiger partial charge in [0.1, 0.15) is 11.3 Å². The maximum absolute atomic E-state index is 12.5.